The third-order valence-corrected chi connectivity index (χ3v) is 3.66. The van der Waals surface area contributed by atoms with Crippen LogP contribution in [-0.4, -0.2) is 49.8 Å². The number of piperidine rings is 1. The van der Waals surface area contributed by atoms with Gasteiger partial charge in [-0.05, 0) is 26.2 Å². The Balaban J connectivity index is 1.79. The summed E-state index contributed by atoms with van der Waals surface area (Å²) in [6.45, 7) is 5.80. The summed E-state index contributed by atoms with van der Waals surface area (Å²) in [5.74, 6) is 0. The molecule has 2 aliphatic heterocycles. The quantitative estimate of drug-likeness (QED) is 0.712. The molecule has 2 heterocycles. The molecule has 82 valence electrons. The van der Waals surface area contributed by atoms with E-state index in [1.165, 1.54) is 25.8 Å². The van der Waals surface area contributed by atoms with Gasteiger partial charge in [0.1, 0.15) is 0 Å². The lowest BCUT2D eigenvalue weighted by Crippen LogP contribution is -2.48. The number of ether oxygens (including phenoxy) is 1. The molecule has 2 rings (SSSR count). The zero-order chi connectivity index (χ0) is 9.97. The number of nitrogens with one attached hydrogen (secondary N) is 1. The topological polar surface area (TPSA) is 24.5 Å². The summed E-state index contributed by atoms with van der Waals surface area (Å²) < 4.78 is 5.39. The minimum atomic E-state index is 0.481. The zero-order valence-corrected chi connectivity index (χ0v) is 9.33. The maximum Gasteiger partial charge on any atom is 0.0710 e. The molecule has 3 unspecified atom stereocenters. The number of likely N-dealkylation sites (tertiary alicyclic amines) is 1. The molecule has 0 aromatic heterocycles. The van der Waals surface area contributed by atoms with Crippen molar-refractivity contribution in [2.45, 2.75) is 44.4 Å². The summed E-state index contributed by atoms with van der Waals surface area (Å²) in [7, 11) is 1.83. The summed E-state index contributed by atoms with van der Waals surface area (Å²) >= 11 is 0. The molecule has 0 saturated carbocycles. The Kier molecular flexibility index (Phi) is 3.42. The number of hydrogen-bond acceptors (Lipinski definition) is 3. The first kappa shape index (κ1) is 10.4. The van der Waals surface area contributed by atoms with Crippen molar-refractivity contribution in [1.82, 2.24) is 10.2 Å². The van der Waals surface area contributed by atoms with E-state index in [4.69, 9.17) is 4.74 Å². The molecule has 0 aliphatic carbocycles. The molecule has 14 heavy (non-hydrogen) atoms. The number of methoxy groups -OCH3 is 1. The van der Waals surface area contributed by atoms with Gasteiger partial charge in [-0.2, -0.15) is 0 Å². The van der Waals surface area contributed by atoms with Gasteiger partial charge in [-0.1, -0.05) is 0 Å². The van der Waals surface area contributed by atoms with Crippen LogP contribution in [0.2, 0.25) is 0 Å². The minimum Gasteiger partial charge on any atom is -0.380 e. The lowest BCUT2D eigenvalue weighted by molar-refractivity contribution is 0.0955. The highest BCUT2D eigenvalue weighted by molar-refractivity contribution is 4.87. The van der Waals surface area contributed by atoms with Crippen LogP contribution >= 0.6 is 0 Å². The van der Waals surface area contributed by atoms with Gasteiger partial charge in [0.15, 0.2) is 0 Å². The molecular weight excluding hydrogens is 176 g/mol. The van der Waals surface area contributed by atoms with E-state index in [-0.39, 0.29) is 0 Å². The fraction of sp³-hybridized carbons (Fsp3) is 1.00. The molecule has 0 radical (unpaired) electrons. The second-order valence-electron chi connectivity index (χ2n) is 4.68. The van der Waals surface area contributed by atoms with Gasteiger partial charge in [0.05, 0.1) is 6.10 Å². The van der Waals surface area contributed by atoms with Crippen LogP contribution in [0.3, 0.4) is 0 Å². The molecule has 0 amide bonds. The molecular formula is C11H22N2O. The van der Waals surface area contributed by atoms with Crippen LogP contribution in [0.1, 0.15) is 26.2 Å². The van der Waals surface area contributed by atoms with E-state index < -0.39 is 0 Å². The van der Waals surface area contributed by atoms with Gasteiger partial charge in [-0.15, -0.1) is 0 Å². The molecule has 0 bridgehead atoms. The van der Waals surface area contributed by atoms with E-state index in [1.807, 2.05) is 7.11 Å². The second kappa shape index (κ2) is 4.60. The summed E-state index contributed by atoms with van der Waals surface area (Å²) in [6.07, 6.45) is 4.36. The van der Waals surface area contributed by atoms with Crippen LogP contribution in [0, 0.1) is 0 Å². The lowest BCUT2D eigenvalue weighted by Gasteiger charge is -2.34. The van der Waals surface area contributed by atoms with E-state index in [0.717, 1.165) is 19.1 Å². The highest BCUT2D eigenvalue weighted by Crippen LogP contribution is 2.20. The molecule has 2 saturated heterocycles. The Morgan fingerprint density at radius 3 is 2.71 bits per heavy atom. The predicted molar refractivity (Wildman–Crippen MR) is 57.5 cm³/mol. The minimum absolute atomic E-state index is 0.481. The number of nitrogens with zero attached hydrogens (tertiary/aromatic N) is 1. The standard InChI is InChI=1S/C11H22N2O/c1-9-3-4-10(7-12-9)13-6-5-11(8-13)14-2/h9-12H,3-8H2,1-2H3. The SMILES string of the molecule is COC1CCN(C2CCC(C)NC2)C1. The van der Waals surface area contributed by atoms with Gasteiger partial charge < -0.3 is 10.1 Å². The molecule has 3 atom stereocenters. The third-order valence-electron chi connectivity index (χ3n) is 3.66. The molecule has 1 N–H and O–H groups in total. The van der Waals surface area contributed by atoms with Crippen LogP contribution in [0.4, 0.5) is 0 Å². The Bertz CT molecular complexity index is 178. The van der Waals surface area contributed by atoms with Gasteiger partial charge in [0.25, 0.3) is 0 Å². The monoisotopic (exact) mass is 198 g/mol. The van der Waals surface area contributed by atoms with Crippen molar-refractivity contribution in [2.75, 3.05) is 26.7 Å². The average molecular weight is 198 g/mol. The van der Waals surface area contributed by atoms with Gasteiger partial charge >= 0.3 is 0 Å². The van der Waals surface area contributed by atoms with Crippen molar-refractivity contribution in [2.24, 2.45) is 0 Å². The van der Waals surface area contributed by atoms with Crippen LogP contribution < -0.4 is 5.32 Å². The van der Waals surface area contributed by atoms with E-state index in [2.05, 4.69) is 17.1 Å². The van der Waals surface area contributed by atoms with E-state index >= 15 is 0 Å². The molecule has 2 fully saturated rings. The normalized spacial score (nSPS) is 40.3. The molecule has 3 heteroatoms. The van der Waals surface area contributed by atoms with Crippen LogP contribution in [0.25, 0.3) is 0 Å². The van der Waals surface area contributed by atoms with Gasteiger partial charge in [-0.25, -0.2) is 0 Å². The maximum absolute atomic E-state index is 5.39. The summed E-state index contributed by atoms with van der Waals surface area (Å²) in [6, 6.07) is 1.47. The van der Waals surface area contributed by atoms with Crippen molar-refractivity contribution in [3.05, 3.63) is 0 Å². The van der Waals surface area contributed by atoms with Crippen molar-refractivity contribution < 1.29 is 4.74 Å². The van der Waals surface area contributed by atoms with Gasteiger partial charge in [0.2, 0.25) is 0 Å². The highest BCUT2D eigenvalue weighted by Gasteiger charge is 2.29. The molecule has 0 aromatic carbocycles. The van der Waals surface area contributed by atoms with E-state index in [1.54, 1.807) is 0 Å². The predicted octanol–water partition coefficient (Wildman–Crippen LogP) is 0.848. The van der Waals surface area contributed by atoms with Crippen molar-refractivity contribution in [3.63, 3.8) is 0 Å². The lowest BCUT2D eigenvalue weighted by atomic mass is 10.0. The fourth-order valence-electron chi connectivity index (χ4n) is 2.57. The first-order valence-electron chi connectivity index (χ1n) is 5.80. The van der Waals surface area contributed by atoms with E-state index in [0.29, 0.717) is 12.1 Å². The summed E-state index contributed by atoms with van der Waals surface area (Å²) in [5.41, 5.74) is 0. The fourth-order valence-corrected chi connectivity index (χ4v) is 2.57. The Morgan fingerprint density at radius 2 is 2.14 bits per heavy atom. The Morgan fingerprint density at radius 1 is 1.29 bits per heavy atom. The molecule has 3 nitrogen and oxygen atoms in total. The average Bonchev–Trinajstić information content (AvgIpc) is 2.67. The third kappa shape index (κ3) is 2.27. The van der Waals surface area contributed by atoms with Gasteiger partial charge in [-0.3, -0.25) is 4.90 Å². The van der Waals surface area contributed by atoms with Gasteiger partial charge in [0, 0.05) is 38.8 Å². The number of hydrogen-bond donors (Lipinski definition) is 1. The number of rotatable bonds is 2. The highest BCUT2D eigenvalue weighted by atomic mass is 16.5. The second-order valence-corrected chi connectivity index (χ2v) is 4.68. The van der Waals surface area contributed by atoms with E-state index in [9.17, 15) is 0 Å². The van der Waals surface area contributed by atoms with Crippen molar-refractivity contribution >= 4 is 0 Å². The van der Waals surface area contributed by atoms with Crippen LogP contribution in [-0.2, 0) is 4.74 Å². The summed E-state index contributed by atoms with van der Waals surface area (Å²) in [5, 5.41) is 3.56. The molecule has 0 spiro atoms. The summed E-state index contributed by atoms with van der Waals surface area (Å²) in [4.78, 5) is 2.59. The van der Waals surface area contributed by atoms with Crippen LogP contribution in [0.5, 0.6) is 0 Å². The molecule has 0 aromatic rings. The molecule has 2 aliphatic rings. The largest absolute Gasteiger partial charge is 0.380 e. The van der Waals surface area contributed by atoms with Crippen LogP contribution in [0.15, 0.2) is 0 Å². The zero-order valence-electron chi connectivity index (χ0n) is 9.33. The Hall–Kier alpha value is -0.120. The first-order valence-corrected chi connectivity index (χ1v) is 5.80. The smallest absolute Gasteiger partial charge is 0.0710 e. The maximum atomic E-state index is 5.39. The first-order chi connectivity index (χ1) is 6.79. The van der Waals surface area contributed by atoms with Crippen molar-refractivity contribution in [3.8, 4) is 0 Å². The van der Waals surface area contributed by atoms with Crippen molar-refractivity contribution in [1.29, 1.82) is 0 Å². The Labute approximate surface area is 86.8 Å².